The Hall–Kier alpha value is -2.83. The third-order valence-electron chi connectivity index (χ3n) is 4.43. The van der Waals surface area contributed by atoms with Gasteiger partial charge in [-0.2, -0.15) is 4.99 Å². The van der Waals surface area contributed by atoms with Crippen molar-refractivity contribution in [2.75, 3.05) is 7.11 Å². The SMILES string of the molecule is COc1ccc2c(c1)[C@H](c1ccccc1)C1=C(C)O[B-](F)(F)OC1=[NH+]2. The van der Waals surface area contributed by atoms with Crippen LogP contribution in [0.2, 0.25) is 0 Å². The second-order valence-corrected chi connectivity index (χ2v) is 5.99. The van der Waals surface area contributed by atoms with Crippen LogP contribution in [0, 0.1) is 0 Å². The molecule has 0 aromatic heterocycles. The lowest BCUT2D eigenvalue weighted by Crippen LogP contribution is -2.72. The zero-order valence-electron chi connectivity index (χ0n) is 13.8. The van der Waals surface area contributed by atoms with E-state index < -0.39 is 7.11 Å². The summed E-state index contributed by atoms with van der Waals surface area (Å²) in [6, 6.07) is 15.1. The normalized spacial score (nSPS) is 20.6. The summed E-state index contributed by atoms with van der Waals surface area (Å²) in [5, 5.41) is 0. The van der Waals surface area contributed by atoms with Gasteiger partial charge in [0.15, 0.2) is 0 Å². The van der Waals surface area contributed by atoms with Crippen LogP contribution in [0.5, 0.6) is 5.75 Å². The summed E-state index contributed by atoms with van der Waals surface area (Å²) in [6.45, 7) is 1.54. The highest BCUT2D eigenvalue weighted by molar-refractivity contribution is 6.55. The van der Waals surface area contributed by atoms with Crippen molar-refractivity contribution in [2.45, 2.75) is 12.8 Å². The predicted molar refractivity (Wildman–Crippen MR) is 89.7 cm³/mol. The molecule has 0 spiro atoms. The molecule has 0 amide bonds. The van der Waals surface area contributed by atoms with Crippen molar-refractivity contribution in [1.29, 1.82) is 0 Å². The van der Waals surface area contributed by atoms with Crippen LogP contribution in [-0.4, -0.2) is 20.1 Å². The molecule has 2 heterocycles. The summed E-state index contributed by atoms with van der Waals surface area (Å²) in [5.41, 5.74) is 3.14. The number of allylic oxidation sites excluding steroid dienone is 1. The highest BCUT2D eigenvalue weighted by Gasteiger charge is 2.47. The van der Waals surface area contributed by atoms with Crippen molar-refractivity contribution < 1.29 is 27.7 Å². The van der Waals surface area contributed by atoms with Crippen LogP contribution in [0.15, 0.2) is 59.9 Å². The van der Waals surface area contributed by atoms with Crippen molar-refractivity contribution in [3.8, 4) is 5.75 Å². The molecule has 0 bridgehead atoms. The first-order valence-corrected chi connectivity index (χ1v) is 7.94. The van der Waals surface area contributed by atoms with Gasteiger partial charge in [0.1, 0.15) is 11.3 Å². The number of fused-ring (bicyclic) bond motifs is 2. The Balaban J connectivity index is 1.98. The van der Waals surface area contributed by atoms with E-state index in [1.807, 2.05) is 36.4 Å². The standard InChI is InChI=1S/C18H15BF2NO3/c1-11-16-17(12-6-4-3-5-7-12)14-10-13(23-2)8-9-15(14)22-18(16)25-19(20,21)24-11/h3-10,17H,1-2H3/q-1/p+1/t17-/m0/s1. The van der Waals surface area contributed by atoms with E-state index in [9.17, 15) is 8.63 Å². The third-order valence-corrected chi connectivity index (χ3v) is 4.43. The summed E-state index contributed by atoms with van der Waals surface area (Å²) in [6.07, 6.45) is 0. The van der Waals surface area contributed by atoms with E-state index in [-0.39, 0.29) is 17.6 Å². The molecule has 4 nitrogen and oxygen atoms in total. The Morgan fingerprint density at radius 3 is 2.56 bits per heavy atom. The predicted octanol–water partition coefficient (Wildman–Crippen LogP) is 2.65. The van der Waals surface area contributed by atoms with Gasteiger partial charge in [0.2, 0.25) is 5.69 Å². The quantitative estimate of drug-likeness (QED) is 0.853. The van der Waals surface area contributed by atoms with Crippen LogP contribution in [0.1, 0.15) is 24.0 Å². The first kappa shape index (κ1) is 15.7. The minimum atomic E-state index is -4.38. The van der Waals surface area contributed by atoms with Crippen molar-refractivity contribution in [3.63, 3.8) is 0 Å². The molecule has 2 aromatic carbocycles. The van der Waals surface area contributed by atoms with Gasteiger partial charge in [-0.1, -0.05) is 30.3 Å². The van der Waals surface area contributed by atoms with Gasteiger partial charge in [-0.05, 0) is 24.6 Å². The Labute approximate surface area is 143 Å². The maximum Gasteiger partial charge on any atom is 0.729 e. The van der Waals surface area contributed by atoms with E-state index in [4.69, 9.17) is 14.0 Å². The molecule has 2 aromatic rings. The smallest absolute Gasteiger partial charge is 0.630 e. The number of benzene rings is 2. The zero-order chi connectivity index (χ0) is 17.6. The van der Waals surface area contributed by atoms with Crippen molar-refractivity contribution in [3.05, 3.63) is 71.0 Å². The fraction of sp³-hybridized carbons (Fsp3) is 0.167. The molecule has 4 rings (SSSR count). The van der Waals surface area contributed by atoms with Gasteiger partial charge in [-0.15, -0.1) is 0 Å². The topological polar surface area (TPSA) is 41.7 Å². The monoisotopic (exact) mass is 343 g/mol. The van der Waals surface area contributed by atoms with E-state index >= 15 is 0 Å². The number of ether oxygens (including phenoxy) is 1. The number of nitrogens with one attached hydrogen (secondary N) is 1. The van der Waals surface area contributed by atoms with Crippen LogP contribution in [0.25, 0.3) is 0 Å². The number of methoxy groups -OCH3 is 1. The summed E-state index contributed by atoms with van der Waals surface area (Å²) in [4.78, 5) is 2.97. The van der Waals surface area contributed by atoms with Crippen LogP contribution < -0.4 is 9.73 Å². The van der Waals surface area contributed by atoms with E-state index in [0.29, 0.717) is 17.0 Å². The number of rotatable bonds is 2. The molecule has 2 aliphatic heterocycles. The first-order valence-electron chi connectivity index (χ1n) is 7.94. The molecule has 128 valence electrons. The molecule has 1 atom stereocenters. The Bertz CT molecular complexity index is 896. The Morgan fingerprint density at radius 1 is 1.08 bits per heavy atom. The second-order valence-electron chi connectivity index (χ2n) is 5.99. The zero-order valence-corrected chi connectivity index (χ0v) is 13.8. The molecule has 0 fully saturated rings. The molecule has 0 saturated carbocycles. The van der Waals surface area contributed by atoms with E-state index in [1.54, 1.807) is 19.2 Å². The second kappa shape index (κ2) is 5.62. The largest absolute Gasteiger partial charge is 0.729 e. The van der Waals surface area contributed by atoms with Gasteiger partial charge < -0.3 is 22.7 Å². The average Bonchev–Trinajstić information content (AvgIpc) is 2.59. The highest BCUT2D eigenvalue weighted by Crippen LogP contribution is 2.42. The maximum absolute atomic E-state index is 13.8. The lowest BCUT2D eigenvalue weighted by atomic mass is 9.80. The van der Waals surface area contributed by atoms with Crippen molar-refractivity contribution >= 4 is 18.7 Å². The van der Waals surface area contributed by atoms with Gasteiger partial charge in [-0.25, -0.2) is 0 Å². The summed E-state index contributed by atoms with van der Waals surface area (Å²) in [5.74, 6) is 0.589. The van der Waals surface area contributed by atoms with Gasteiger partial charge >= 0.3 is 13.0 Å². The molecular weight excluding hydrogens is 327 g/mol. The Morgan fingerprint density at radius 2 is 1.84 bits per heavy atom. The van der Waals surface area contributed by atoms with Crippen LogP contribution in [0.3, 0.4) is 0 Å². The number of halogens is 2. The van der Waals surface area contributed by atoms with E-state index in [1.165, 1.54) is 6.92 Å². The van der Waals surface area contributed by atoms with Gasteiger partial charge in [0.25, 0.3) is 0 Å². The number of hydrogen-bond donors (Lipinski definition) is 1. The minimum Gasteiger partial charge on any atom is -0.630 e. The molecule has 7 heteroatoms. The lowest BCUT2D eigenvalue weighted by Gasteiger charge is -2.37. The molecular formula is C18H16BF2NO3. The van der Waals surface area contributed by atoms with Crippen molar-refractivity contribution in [2.24, 2.45) is 0 Å². The van der Waals surface area contributed by atoms with Crippen molar-refractivity contribution in [1.82, 2.24) is 0 Å². The van der Waals surface area contributed by atoms with Crippen LogP contribution in [0.4, 0.5) is 14.3 Å². The molecule has 25 heavy (non-hydrogen) atoms. The molecule has 0 unspecified atom stereocenters. The summed E-state index contributed by atoms with van der Waals surface area (Å²) in [7, 11) is -2.79. The average molecular weight is 343 g/mol. The first-order chi connectivity index (χ1) is 12.0. The fourth-order valence-corrected chi connectivity index (χ4v) is 3.38. The highest BCUT2D eigenvalue weighted by atomic mass is 19.3. The van der Waals surface area contributed by atoms with Gasteiger partial charge in [0, 0.05) is 11.6 Å². The fourth-order valence-electron chi connectivity index (χ4n) is 3.38. The maximum atomic E-state index is 13.8. The Kier molecular flexibility index (Phi) is 3.52. The molecule has 0 radical (unpaired) electrons. The van der Waals surface area contributed by atoms with Gasteiger partial charge in [-0.3, -0.25) is 0 Å². The van der Waals surface area contributed by atoms with Crippen LogP contribution in [-0.2, 0) is 9.31 Å². The summed E-state index contributed by atoms with van der Waals surface area (Å²) < 4.78 is 42.4. The van der Waals surface area contributed by atoms with E-state index in [2.05, 4.69) is 4.99 Å². The minimum absolute atomic E-state index is 0.0419. The molecule has 0 aliphatic carbocycles. The third kappa shape index (κ3) is 2.65. The van der Waals surface area contributed by atoms with Gasteiger partial charge in [0.05, 0.1) is 18.8 Å². The number of hydrogen-bond acceptors (Lipinski definition) is 3. The molecule has 0 saturated heterocycles. The lowest BCUT2D eigenvalue weighted by molar-refractivity contribution is -0.368. The molecule has 2 aliphatic rings. The summed E-state index contributed by atoms with van der Waals surface area (Å²) >= 11 is 0. The van der Waals surface area contributed by atoms with Crippen LogP contribution >= 0.6 is 0 Å². The van der Waals surface area contributed by atoms with E-state index in [0.717, 1.165) is 11.1 Å². The molecule has 1 N–H and O–H groups in total.